The molecule has 116 valence electrons. The standard InChI is InChI=1S/C19H23NO2/c1-11-16-14(21)9-7-12-8-10-15(22)18(17(12)16)19(20-11)13-5-3-2-4-6-13/h7-11,13,19-22H,2-6H2,1H3. The van der Waals surface area contributed by atoms with Crippen LogP contribution in [-0.2, 0) is 0 Å². The van der Waals surface area contributed by atoms with Gasteiger partial charge in [-0.3, -0.25) is 0 Å². The van der Waals surface area contributed by atoms with Gasteiger partial charge in [0.2, 0.25) is 0 Å². The van der Waals surface area contributed by atoms with Crippen LogP contribution < -0.4 is 5.32 Å². The van der Waals surface area contributed by atoms with E-state index >= 15 is 0 Å². The Morgan fingerprint density at radius 2 is 1.55 bits per heavy atom. The van der Waals surface area contributed by atoms with Crippen molar-refractivity contribution < 1.29 is 10.2 Å². The largest absolute Gasteiger partial charge is 0.508 e. The minimum atomic E-state index is 0.102. The summed E-state index contributed by atoms with van der Waals surface area (Å²) in [4.78, 5) is 0. The van der Waals surface area contributed by atoms with Gasteiger partial charge in [0.1, 0.15) is 11.5 Å². The minimum absolute atomic E-state index is 0.102. The van der Waals surface area contributed by atoms with Gasteiger partial charge in [-0.2, -0.15) is 0 Å². The maximum Gasteiger partial charge on any atom is 0.121 e. The van der Waals surface area contributed by atoms with Crippen LogP contribution in [-0.4, -0.2) is 10.2 Å². The van der Waals surface area contributed by atoms with Crippen LogP contribution >= 0.6 is 0 Å². The average molecular weight is 297 g/mol. The van der Waals surface area contributed by atoms with Gasteiger partial charge in [-0.1, -0.05) is 31.4 Å². The number of hydrogen-bond donors (Lipinski definition) is 3. The molecule has 1 aliphatic heterocycles. The van der Waals surface area contributed by atoms with Crippen molar-refractivity contribution in [1.29, 1.82) is 0 Å². The first-order valence-corrected chi connectivity index (χ1v) is 8.40. The maximum atomic E-state index is 10.5. The second-order valence-corrected chi connectivity index (χ2v) is 6.86. The molecule has 2 aromatic rings. The van der Waals surface area contributed by atoms with Gasteiger partial charge >= 0.3 is 0 Å². The highest BCUT2D eigenvalue weighted by atomic mass is 16.3. The molecule has 0 saturated heterocycles. The van der Waals surface area contributed by atoms with Crippen LogP contribution in [0.3, 0.4) is 0 Å². The van der Waals surface area contributed by atoms with Crippen LogP contribution in [0.5, 0.6) is 11.5 Å². The molecule has 1 aliphatic carbocycles. The summed E-state index contributed by atoms with van der Waals surface area (Å²) in [6.45, 7) is 2.11. The Kier molecular flexibility index (Phi) is 3.26. The molecule has 1 saturated carbocycles. The van der Waals surface area contributed by atoms with Crippen molar-refractivity contribution in [3.63, 3.8) is 0 Å². The lowest BCUT2D eigenvalue weighted by atomic mass is 9.76. The fourth-order valence-corrected chi connectivity index (χ4v) is 4.48. The molecule has 2 aliphatic rings. The minimum Gasteiger partial charge on any atom is -0.508 e. The van der Waals surface area contributed by atoms with E-state index in [-0.39, 0.29) is 12.1 Å². The number of phenols is 2. The van der Waals surface area contributed by atoms with Gasteiger partial charge in [0.15, 0.2) is 0 Å². The van der Waals surface area contributed by atoms with E-state index in [0.717, 1.165) is 21.9 Å². The van der Waals surface area contributed by atoms with Crippen molar-refractivity contribution in [2.75, 3.05) is 0 Å². The molecular formula is C19H23NO2. The lowest BCUT2D eigenvalue weighted by Gasteiger charge is -2.38. The molecule has 3 heteroatoms. The number of phenolic OH excluding ortho intramolecular Hbond substituents is 2. The Morgan fingerprint density at radius 1 is 0.909 bits per heavy atom. The van der Waals surface area contributed by atoms with E-state index in [1.807, 2.05) is 12.1 Å². The van der Waals surface area contributed by atoms with E-state index in [1.165, 1.54) is 32.1 Å². The quantitative estimate of drug-likeness (QED) is 0.724. The third-order valence-electron chi connectivity index (χ3n) is 5.52. The summed E-state index contributed by atoms with van der Waals surface area (Å²) in [6, 6.07) is 7.75. The Morgan fingerprint density at radius 3 is 2.23 bits per heavy atom. The first-order chi connectivity index (χ1) is 10.7. The summed E-state index contributed by atoms with van der Waals surface area (Å²) in [7, 11) is 0. The number of nitrogens with one attached hydrogen (secondary N) is 1. The van der Waals surface area contributed by atoms with Crippen LogP contribution in [0.1, 0.15) is 62.2 Å². The van der Waals surface area contributed by atoms with Crippen molar-refractivity contribution in [1.82, 2.24) is 5.32 Å². The Bertz CT molecular complexity index is 714. The van der Waals surface area contributed by atoms with Crippen molar-refractivity contribution in [3.05, 3.63) is 35.4 Å². The predicted molar refractivity (Wildman–Crippen MR) is 88.1 cm³/mol. The monoisotopic (exact) mass is 297 g/mol. The van der Waals surface area contributed by atoms with Crippen LogP contribution in [0.15, 0.2) is 24.3 Å². The smallest absolute Gasteiger partial charge is 0.121 e. The zero-order valence-corrected chi connectivity index (χ0v) is 13.0. The summed E-state index contributed by atoms with van der Waals surface area (Å²) in [5, 5.41) is 26.7. The van der Waals surface area contributed by atoms with Gasteiger partial charge in [-0.25, -0.2) is 0 Å². The van der Waals surface area contributed by atoms with Crippen molar-refractivity contribution >= 4 is 10.8 Å². The van der Waals surface area contributed by atoms with Crippen molar-refractivity contribution in [3.8, 4) is 11.5 Å². The number of hydrogen-bond acceptors (Lipinski definition) is 3. The number of rotatable bonds is 1. The topological polar surface area (TPSA) is 52.5 Å². The summed E-state index contributed by atoms with van der Waals surface area (Å²) in [5.74, 6) is 1.25. The SMILES string of the molecule is CC1NC(C2CCCCC2)c2c(O)ccc3ccc(O)c1c23. The van der Waals surface area contributed by atoms with Crippen LogP contribution in [0.2, 0.25) is 0 Å². The third kappa shape index (κ3) is 1.99. The molecule has 0 bridgehead atoms. The fourth-order valence-electron chi connectivity index (χ4n) is 4.48. The van der Waals surface area contributed by atoms with Crippen molar-refractivity contribution in [2.45, 2.75) is 51.1 Å². The number of aromatic hydroxyl groups is 2. The molecule has 1 fully saturated rings. The molecule has 3 N–H and O–H groups in total. The summed E-state index contributed by atoms with van der Waals surface area (Å²) in [6.07, 6.45) is 6.32. The molecule has 2 unspecified atom stereocenters. The van der Waals surface area contributed by atoms with Gasteiger partial charge < -0.3 is 15.5 Å². The zero-order chi connectivity index (χ0) is 15.3. The van der Waals surface area contributed by atoms with E-state index in [9.17, 15) is 10.2 Å². The van der Waals surface area contributed by atoms with E-state index in [0.29, 0.717) is 17.4 Å². The highest BCUT2D eigenvalue weighted by Gasteiger charge is 2.35. The summed E-state index contributed by atoms with van der Waals surface area (Å²) < 4.78 is 0. The Balaban J connectivity index is 1.95. The Hall–Kier alpha value is -1.74. The first kappa shape index (κ1) is 13.9. The van der Waals surface area contributed by atoms with Gasteiger partial charge in [0.05, 0.1) is 0 Å². The first-order valence-electron chi connectivity index (χ1n) is 8.40. The molecule has 0 spiro atoms. The second-order valence-electron chi connectivity index (χ2n) is 6.86. The summed E-state index contributed by atoms with van der Waals surface area (Å²) in [5.41, 5.74) is 1.92. The van der Waals surface area contributed by atoms with Crippen LogP contribution in [0, 0.1) is 5.92 Å². The lowest BCUT2D eigenvalue weighted by molar-refractivity contribution is 0.249. The molecule has 0 radical (unpaired) electrons. The highest BCUT2D eigenvalue weighted by molar-refractivity contribution is 5.94. The molecule has 22 heavy (non-hydrogen) atoms. The van der Waals surface area contributed by atoms with Gasteiger partial charge in [0.25, 0.3) is 0 Å². The van der Waals surface area contributed by atoms with Crippen LogP contribution in [0.25, 0.3) is 10.8 Å². The molecule has 4 rings (SSSR count). The van der Waals surface area contributed by atoms with E-state index in [1.54, 1.807) is 12.1 Å². The van der Waals surface area contributed by atoms with E-state index in [2.05, 4.69) is 12.2 Å². The maximum absolute atomic E-state index is 10.5. The molecule has 2 atom stereocenters. The fraction of sp³-hybridized carbons (Fsp3) is 0.474. The van der Waals surface area contributed by atoms with Crippen LogP contribution in [0.4, 0.5) is 0 Å². The second kappa shape index (κ2) is 5.17. The zero-order valence-electron chi connectivity index (χ0n) is 13.0. The van der Waals surface area contributed by atoms with E-state index < -0.39 is 0 Å². The van der Waals surface area contributed by atoms with Gasteiger partial charge in [0, 0.05) is 23.2 Å². The normalized spacial score (nSPS) is 25.5. The molecular weight excluding hydrogens is 274 g/mol. The predicted octanol–water partition coefficient (Wildman–Crippen LogP) is 4.54. The molecule has 0 amide bonds. The Labute approximate surface area is 131 Å². The third-order valence-corrected chi connectivity index (χ3v) is 5.52. The molecule has 3 nitrogen and oxygen atoms in total. The van der Waals surface area contributed by atoms with Gasteiger partial charge in [-0.05, 0) is 48.6 Å². The molecule has 1 heterocycles. The van der Waals surface area contributed by atoms with Gasteiger partial charge in [-0.15, -0.1) is 0 Å². The highest BCUT2D eigenvalue weighted by Crippen LogP contribution is 2.48. The molecule has 0 aromatic heterocycles. The number of benzene rings is 2. The van der Waals surface area contributed by atoms with Crippen molar-refractivity contribution in [2.24, 2.45) is 5.92 Å². The average Bonchev–Trinajstić information content (AvgIpc) is 2.54. The molecule has 2 aromatic carbocycles. The lowest BCUT2D eigenvalue weighted by Crippen LogP contribution is -2.35. The summed E-state index contributed by atoms with van der Waals surface area (Å²) >= 11 is 0. The van der Waals surface area contributed by atoms with E-state index in [4.69, 9.17) is 0 Å².